The Morgan fingerprint density at radius 1 is 1.11 bits per heavy atom. The van der Waals surface area contributed by atoms with Crippen LogP contribution in [0.4, 0.5) is 0 Å². The van der Waals surface area contributed by atoms with Gasteiger partial charge >= 0.3 is 175 Å². The smallest absolute Gasteiger partial charge is 0 e. The van der Waals surface area contributed by atoms with Crippen LogP contribution < -0.4 is 0 Å². The van der Waals surface area contributed by atoms with E-state index in [0.29, 0.717) is 0 Å². The summed E-state index contributed by atoms with van der Waals surface area (Å²) in [4.78, 5) is 0. The van der Waals surface area contributed by atoms with Gasteiger partial charge in [0, 0.05) is 53.6 Å². The second-order valence-corrected chi connectivity index (χ2v) is 0. The average Bonchev–Trinajstić information content (AvgIpc) is 1.00. The van der Waals surface area contributed by atoms with Gasteiger partial charge in [0.25, 0.3) is 0 Å². The maximum atomic E-state index is 2.28. The predicted molar refractivity (Wildman–Crippen MR) is 52.6 cm³/mol. The fraction of sp³-hybridized carbons (Fsp3) is 0. The molecule has 0 aromatic heterocycles. The SMILES string of the molecule is [CaH2].[Cu].[Fe].[KH].[MgH2].[NaH].[SeH]I.[Zn]. The molecule has 0 saturated heterocycles. The van der Waals surface area contributed by atoms with Crippen molar-refractivity contribution in [1.82, 2.24) is 0 Å². The number of hydrogen-bond donors (Lipinski definition) is 0. The van der Waals surface area contributed by atoms with Crippen LogP contribution in [0.2, 0.25) is 0 Å². The minimum Gasteiger partial charge on any atom is 0 e. The minimum absolute atomic E-state index is 0. The first-order valence-electron chi connectivity index (χ1n) is 0.169. The molecule has 0 heterocycles. The molecule has 9 heavy (non-hydrogen) atoms. The van der Waals surface area contributed by atoms with E-state index in [0.717, 1.165) is 0 Å². The molecule has 0 N–H and O–H groups in total. The molecule has 0 unspecified atom stereocenters. The molecule has 0 saturated carbocycles. The van der Waals surface area contributed by atoms with Crippen LogP contribution in [0, 0.1) is 0 Å². The maximum Gasteiger partial charge on any atom is 0 e. The van der Waals surface area contributed by atoms with Crippen molar-refractivity contribution in [3.8, 4) is 0 Å². The Morgan fingerprint density at radius 2 is 1.11 bits per heavy atom. The third-order valence-corrected chi connectivity index (χ3v) is 0. The van der Waals surface area contributed by atoms with E-state index in [1.807, 2.05) is 0 Å². The van der Waals surface area contributed by atoms with Crippen LogP contribution >= 0.6 is 20.3 Å². The van der Waals surface area contributed by atoms with Gasteiger partial charge in [0.1, 0.15) is 0 Å². The van der Waals surface area contributed by atoms with E-state index in [9.17, 15) is 0 Å². The second kappa shape index (κ2) is 57.7. The van der Waals surface area contributed by atoms with E-state index in [-0.39, 0.29) is 195 Å². The van der Waals surface area contributed by atoms with Gasteiger partial charge in [-0.05, 0) is 0 Å². The van der Waals surface area contributed by atoms with E-state index in [4.69, 9.17) is 0 Å². The topological polar surface area (TPSA) is 0 Å². The van der Waals surface area contributed by atoms with Crippen LogP contribution in [0.15, 0.2) is 0 Å². The molecular formula is H7CaCuFeIKMgNaSeZn. The fourth-order valence-corrected chi connectivity index (χ4v) is 0. The van der Waals surface area contributed by atoms with Crippen molar-refractivity contribution in [3.05, 3.63) is 0 Å². The molecule has 0 rings (SSSR count). The molecule has 0 fully saturated rings. The third-order valence-electron chi connectivity index (χ3n) is 0. The Labute approximate surface area is 221 Å². The summed E-state index contributed by atoms with van der Waals surface area (Å²) >= 11 is 4.37. The Bertz CT molecular complexity index is 28.5. The number of rotatable bonds is 0. The van der Waals surface area contributed by atoms with E-state index in [2.05, 4.69) is 33.1 Å². The second-order valence-electron chi connectivity index (χ2n) is 0. The molecule has 1 radical (unpaired) electrons. The molecule has 0 bridgehead atoms. The molecule has 47 valence electrons. The van der Waals surface area contributed by atoms with Gasteiger partial charge in [-0.1, -0.05) is 0 Å². The van der Waals surface area contributed by atoms with Crippen molar-refractivity contribution in [2.75, 3.05) is 0 Å². The molecular weight excluding hydrogens is 517 g/mol. The van der Waals surface area contributed by atoms with Gasteiger partial charge in [-0.2, -0.15) is 0 Å². The molecule has 0 aromatic carbocycles. The van der Waals surface area contributed by atoms with Crippen LogP contribution in [-0.4, -0.2) is 154 Å². The number of halogens is 1. The van der Waals surface area contributed by atoms with E-state index < -0.39 is 0 Å². The molecule has 0 spiro atoms. The standard InChI is InChI=1S/Ca.Cu.Fe.HISe.K.Mg.Na.Zn.6H/c;;;1-2;;;;;;;;;;/h;;;2H;;;;;;;;;;. The van der Waals surface area contributed by atoms with Crippen molar-refractivity contribution < 1.29 is 53.6 Å². The van der Waals surface area contributed by atoms with Crippen molar-refractivity contribution >= 4 is 175 Å². The van der Waals surface area contributed by atoms with Crippen LogP contribution in [-0.2, 0) is 53.6 Å². The monoisotopic (exact) mass is 523 g/mol. The van der Waals surface area contributed by atoms with Gasteiger partial charge in [0.15, 0.2) is 0 Å². The molecule has 0 nitrogen and oxygen atoms in total. The van der Waals surface area contributed by atoms with Gasteiger partial charge in [0.05, 0.1) is 0 Å². The zero-order valence-corrected chi connectivity index (χ0v) is 11.2. The average molecular weight is 524 g/mol. The normalized spacial score (nSPS) is 0.667. The van der Waals surface area contributed by atoms with Gasteiger partial charge < -0.3 is 0 Å². The molecule has 0 aromatic rings. The summed E-state index contributed by atoms with van der Waals surface area (Å²) in [7, 11) is 0. The summed E-state index contributed by atoms with van der Waals surface area (Å²) in [5, 5.41) is 0. The summed E-state index contributed by atoms with van der Waals surface area (Å²) in [6.07, 6.45) is 0. The van der Waals surface area contributed by atoms with Crippen LogP contribution in [0.1, 0.15) is 0 Å². The van der Waals surface area contributed by atoms with Crippen LogP contribution in [0.3, 0.4) is 0 Å². The van der Waals surface area contributed by atoms with Gasteiger partial charge in [0.2, 0.25) is 0 Å². The third kappa shape index (κ3) is 50.0. The van der Waals surface area contributed by atoms with Crippen molar-refractivity contribution in [2.45, 2.75) is 0 Å². The summed E-state index contributed by atoms with van der Waals surface area (Å²) in [6.45, 7) is 0. The van der Waals surface area contributed by atoms with Crippen molar-refractivity contribution in [1.29, 1.82) is 0 Å². The van der Waals surface area contributed by atoms with E-state index >= 15 is 0 Å². The van der Waals surface area contributed by atoms with Crippen molar-refractivity contribution in [3.63, 3.8) is 0 Å². The Balaban J connectivity index is -0.000000000238. The Kier molecular flexibility index (Phi) is 350. The first kappa shape index (κ1) is 54.7. The summed E-state index contributed by atoms with van der Waals surface area (Å²) in [5.41, 5.74) is 0. The summed E-state index contributed by atoms with van der Waals surface area (Å²) in [6, 6.07) is 0. The van der Waals surface area contributed by atoms with Crippen molar-refractivity contribution in [2.24, 2.45) is 0 Å². The molecule has 0 aliphatic carbocycles. The summed E-state index contributed by atoms with van der Waals surface area (Å²) in [5.74, 6) is 0. The largest absolute Gasteiger partial charge is 0 e. The molecule has 0 aliphatic heterocycles. The predicted octanol–water partition coefficient (Wildman–Crippen LogP) is -2.90. The first-order valence-corrected chi connectivity index (χ1v) is 5.89. The van der Waals surface area contributed by atoms with Gasteiger partial charge in [-0.25, -0.2) is 0 Å². The molecule has 0 atom stereocenters. The van der Waals surface area contributed by atoms with Gasteiger partial charge in [-0.3, -0.25) is 0 Å². The zero-order valence-electron chi connectivity index (χ0n) is 2.19. The summed E-state index contributed by atoms with van der Waals surface area (Å²) < 4.78 is 0. The molecule has 0 amide bonds. The zero-order chi connectivity index (χ0) is 2.00. The van der Waals surface area contributed by atoms with Crippen LogP contribution in [0.5, 0.6) is 0 Å². The number of hydrogen-bond acceptors (Lipinski definition) is 0. The molecule has 9 heteroatoms. The fourth-order valence-electron chi connectivity index (χ4n) is 0. The Morgan fingerprint density at radius 3 is 1.11 bits per heavy atom. The Hall–Kier alpha value is 7.57. The quantitative estimate of drug-likeness (QED) is 0.236. The van der Waals surface area contributed by atoms with E-state index in [1.165, 1.54) is 0 Å². The maximum absolute atomic E-state index is 2.28. The van der Waals surface area contributed by atoms with E-state index in [1.54, 1.807) is 0 Å². The molecule has 0 aliphatic rings. The minimum atomic E-state index is 0. The van der Waals surface area contributed by atoms with Gasteiger partial charge in [-0.15, -0.1) is 0 Å². The first-order chi connectivity index (χ1) is 1.00. The van der Waals surface area contributed by atoms with Crippen LogP contribution in [0.25, 0.3) is 0 Å².